The summed E-state index contributed by atoms with van der Waals surface area (Å²) in [7, 11) is 1.51. The normalized spacial score (nSPS) is 10.4. The molecule has 1 N–H and O–H groups in total. The zero-order valence-electron chi connectivity index (χ0n) is 12.9. The molecular formula is C16H15N5O3. The number of nitrogens with zero attached hydrogens (tertiary/aromatic N) is 4. The third-order valence-corrected chi connectivity index (χ3v) is 3.39. The lowest BCUT2D eigenvalue weighted by Gasteiger charge is -2.09. The number of non-ortho nitro benzene ring substituents is 1. The van der Waals surface area contributed by atoms with E-state index in [1.54, 1.807) is 17.1 Å². The van der Waals surface area contributed by atoms with Gasteiger partial charge in [-0.2, -0.15) is 0 Å². The predicted molar refractivity (Wildman–Crippen MR) is 88.3 cm³/mol. The van der Waals surface area contributed by atoms with E-state index in [0.717, 1.165) is 5.69 Å². The van der Waals surface area contributed by atoms with Gasteiger partial charge in [0.1, 0.15) is 12.1 Å². The largest absolute Gasteiger partial charge is 0.495 e. The second-order valence-electron chi connectivity index (χ2n) is 4.94. The van der Waals surface area contributed by atoms with Crippen LogP contribution in [-0.4, -0.2) is 26.8 Å². The van der Waals surface area contributed by atoms with Crippen molar-refractivity contribution < 1.29 is 9.66 Å². The monoisotopic (exact) mass is 325 g/mol. The highest BCUT2D eigenvalue weighted by atomic mass is 16.6. The van der Waals surface area contributed by atoms with Crippen LogP contribution in [0.5, 0.6) is 5.75 Å². The van der Waals surface area contributed by atoms with Crippen LogP contribution < -0.4 is 10.1 Å². The van der Waals surface area contributed by atoms with Crippen molar-refractivity contribution in [3.05, 3.63) is 70.8 Å². The van der Waals surface area contributed by atoms with E-state index in [1.165, 1.54) is 19.2 Å². The second kappa shape index (κ2) is 6.78. The summed E-state index contributed by atoms with van der Waals surface area (Å²) >= 11 is 0. The van der Waals surface area contributed by atoms with E-state index in [9.17, 15) is 10.1 Å². The lowest BCUT2D eigenvalue weighted by Crippen LogP contribution is -2.04. The first kappa shape index (κ1) is 15.5. The number of benzene rings is 2. The fraction of sp³-hybridized carbons (Fsp3) is 0.125. The van der Waals surface area contributed by atoms with Gasteiger partial charge >= 0.3 is 0 Å². The van der Waals surface area contributed by atoms with Gasteiger partial charge in [0.25, 0.3) is 5.69 Å². The van der Waals surface area contributed by atoms with Gasteiger partial charge in [-0.3, -0.25) is 10.1 Å². The summed E-state index contributed by atoms with van der Waals surface area (Å²) in [6, 6.07) is 14.0. The minimum atomic E-state index is -0.451. The number of hydrogen-bond acceptors (Lipinski definition) is 6. The van der Waals surface area contributed by atoms with Crippen LogP contribution in [0.3, 0.4) is 0 Å². The van der Waals surface area contributed by atoms with Crippen molar-refractivity contribution >= 4 is 11.4 Å². The number of nitro groups is 1. The highest BCUT2D eigenvalue weighted by Crippen LogP contribution is 2.29. The number of methoxy groups -OCH3 is 1. The second-order valence-corrected chi connectivity index (χ2v) is 4.94. The van der Waals surface area contributed by atoms with Crippen LogP contribution in [0.1, 0.15) is 5.82 Å². The molecule has 2 aromatic carbocycles. The number of ether oxygens (including phenoxy) is 1. The topological polar surface area (TPSA) is 95.1 Å². The molecule has 0 unspecified atom stereocenters. The van der Waals surface area contributed by atoms with Gasteiger partial charge in [-0.15, -0.1) is 5.10 Å². The first-order chi connectivity index (χ1) is 11.7. The molecule has 0 saturated heterocycles. The van der Waals surface area contributed by atoms with E-state index in [2.05, 4.69) is 15.4 Å². The Bertz CT molecular complexity index is 848. The van der Waals surface area contributed by atoms with Crippen molar-refractivity contribution in [3.63, 3.8) is 0 Å². The number of anilines is 1. The molecule has 0 atom stereocenters. The zero-order valence-corrected chi connectivity index (χ0v) is 12.9. The van der Waals surface area contributed by atoms with Gasteiger partial charge < -0.3 is 10.1 Å². The molecule has 8 nitrogen and oxygen atoms in total. The Labute approximate surface area is 137 Å². The third kappa shape index (κ3) is 3.32. The Morgan fingerprint density at radius 1 is 1.25 bits per heavy atom. The molecule has 0 amide bonds. The van der Waals surface area contributed by atoms with Crippen LogP contribution in [0.15, 0.2) is 54.9 Å². The number of rotatable bonds is 6. The maximum absolute atomic E-state index is 10.9. The standard InChI is InChI=1S/C16H15N5O3/c1-24-15-8-7-13(21(22)23)9-14(15)17-10-16-18-11-20(19-16)12-5-3-2-4-6-12/h2-9,11,17H,10H2,1H3. The molecule has 0 radical (unpaired) electrons. The summed E-state index contributed by atoms with van der Waals surface area (Å²) in [4.78, 5) is 14.7. The molecule has 3 aromatic rings. The van der Waals surface area contributed by atoms with E-state index >= 15 is 0 Å². The highest BCUT2D eigenvalue weighted by molar-refractivity contribution is 5.61. The highest BCUT2D eigenvalue weighted by Gasteiger charge is 2.12. The molecule has 0 spiro atoms. The van der Waals surface area contributed by atoms with E-state index in [-0.39, 0.29) is 5.69 Å². The van der Waals surface area contributed by atoms with Crippen LogP contribution in [0.2, 0.25) is 0 Å². The van der Waals surface area contributed by atoms with E-state index in [4.69, 9.17) is 4.74 Å². The van der Waals surface area contributed by atoms with Crippen molar-refractivity contribution in [2.24, 2.45) is 0 Å². The molecule has 0 fully saturated rings. The lowest BCUT2D eigenvalue weighted by molar-refractivity contribution is -0.384. The van der Waals surface area contributed by atoms with E-state index in [0.29, 0.717) is 23.8 Å². The fourth-order valence-electron chi connectivity index (χ4n) is 2.21. The Morgan fingerprint density at radius 2 is 2.04 bits per heavy atom. The molecule has 1 heterocycles. The average Bonchev–Trinajstić information content (AvgIpc) is 3.09. The third-order valence-electron chi connectivity index (χ3n) is 3.39. The van der Waals surface area contributed by atoms with Crippen LogP contribution in [0.4, 0.5) is 11.4 Å². The number of nitrogens with one attached hydrogen (secondary N) is 1. The number of hydrogen-bond donors (Lipinski definition) is 1. The lowest BCUT2D eigenvalue weighted by atomic mass is 10.2. The molecule has 1 aromatic heterocycles. The molecule has 122 valence electrons. The van der Waals surface area contributed by atoms with Gasteiger partial charge in [-0.25, -0.2) is 9.67 Å². The first-order valence-electron chi connectivity index (χ1n) is 7.19. The van der Waals surface area contributed by atoms with Gasteiger partial charge in [0.05, 0.1) is 30.0 Å². The first-order valence-corrected chi connectivity index (χ1v) is 7.19. The molecule has 24 heavy (non-hydrogen) atoms. The van der Waals surface area contributed by atoms with E-state index < -0.39 is 4.92 Å². The summed E-state index contributed by atoms with van der Waals surface area (Å²) < 4.78 is 6.88. The predicted octanol–water partition coefficient (Wildman–Crippen LogP) is 2.80. The van der Waals surface area contributed by atoms with Crippen LogP contribution in [0.25, 0.3) is 5.69 Å². The molecule has 3 rings (SSSR count). The number of para-hydroxylation sites is 1. The number of nitro benzene ring substituents is 1. The van der Waals surface area contributed by atoms with Crippen molar-refractivity contribution in [1.82, 2.24) is 14.8 Å². The fourth-order valence-corrected chi connectivity index (χ4v) is 2.21. The van der Waals surface area contributed by atoms with E-state index in [1.807, 2.05) is 30.3 Å². The van der Waals surface area contributed by atoms with Gasteiger partial charge in [-0.1, -0.05) is 18.2 Å². The average molecular weight is 325 g/mol. The Morgan fingerprint density at radius 3 is 2.75 bits per heavy atom. The summed E-state index contributed by atoms with van der Waals surface area (Å²) in [5.41, 5.74) is 1.41. The SMILES string of the molecule is COc1ccc([N+](=O)[O-])cc1NCc1ncn(-c2ccccc2)n1. The summed E-state index contributed by atoms with van der Waals surface area (Å²) in [6.07, 6.45) is 1.62. The summed E-state index contributed by atoms with van der Waals surface area (Å²) in [5, 5.41) is 18.3. The van der Waals surface area contributed by atoms with Gasteiger partial charge in [0.2, 0.25) is 0 Å². The Hall–Kier alpha value is -3.42. The maximum atomic E-state index is 10.9. The molecule has 0 bridgehead atoms. The summed E-state index contributed by atoms with van der Waals surface area (Å²) in [5.74, 6) is 1.08. The van der Waals surface area contributed by atoms with Crippen molar-refractivity contribution in [1.29, 1.82) is 0 Å². The quantitative estimate of drug-likeness (QED) is 0.553. The molecule has 0 aliphatic heterocycles. The van der Waals surface area contributed by atoms with Gasteiger partial charge in [0.15, 0.2) is 5.82 Å². The van der Waals surface area contributed by atoms with Crippen LogP contribution >= 0.6 is 0 Å². The molecule has 8 heteroatoms. The molecule has 0 aliphatic carbocycles. The molecule has 0 aliphatic rings. The van der Waals surface area contributed by atoms with Crippen LogP contribution in [0, 0.1) is 10.1 Å². The minimum Gasteiger partial charge on any atom is -0.495 e. The maximum Gasteiger partial charge on any atom is 0.271 e. The number of aromatic nitrogens is 3. The van der Waals surface area contributed by atoms with Gasteiger partial charge in [0, 0.05) is 12.1 Å². The van der Waals surface area contributed by atoms with Crippen molar-refractivity contribution in [2.75, 3.05) is 12.4 Å². The molecule has 0 saturated carbocycles. The minimum absolute atomic E-state index is 0.0129. The van der Waals surface area contributed by atoms with Crippen molar-refractivity contribution in [3.8, 4) is 11.4 Å². The zero-order chi connectivity index (χ0) is 16.9. The Balaban J connectivity index is 1.75. The van der Waals surface area contributed by atoms with Crippen molar-refractivity contribution in [2.45, 2.75) is 6.54 Å². The molecular weight excluding hydrogens is 310 g/mol. The smallest absolute Gasteiger partial charge is 0.271 e. The Kier molecular flexibility index (Phi) is 4.37. The van der Waals surface area contributed by atoms with Gasteiger partial charge in [-0.05, 0) is 18.2 Å². The van der Waals surface area contributed by atoms with Crippen LogP contribution in [-0.2, 0) is 6.54 Å². The summed E-state index contributed by atoms with van der Waals surface area (Å²) in [6.45, 7) is 0.317.